The second kappa shape index (κ2) is 11.2. The van der Waals surface area contributed by atoms with E-state index in [4.69, 9.17) is 9.26 Å². The van der Waals surface area contributed by atoms with Gasteiger partial charge in [0.15, 0.2) is 11.4 Å². The van der Waals surface area contributed by atoms with Crippen LogP contribution in [0.15, 0.2) is 40.9 Å². The van der Waals surface area contributed by atoms with Crippen LogP contribution in [0.1, 0.15) is 32.1 Å². The van der Waals surface area contributed by atoms with Crippen molar-refractivity contribution in [2.45, 2.75) is 38.1 Å². The molecule has 0 unspecified atom stereocenters. The van der Waals surface area contributed by atoms with E-state index in [2.05, 4.69) is 32.2 Å². The predicted molar refractivity (Wildman–Crippen MR) is 146 cm³/mol. The Balaban J connectivity index is 0.00000304. The fourth-order valence-corrected chi connectivity index (χ4v) is 6.20. The second-order valence-corrected chi connectivity index (χ2v) is 11.0. The van der Waals surface area contributed by atoms with E-state index in [1.54, 1.807) is 14.2 Å². The molecule has 1 aromatic heterocycles. The van der Waals surface area contributed by atoms with E-state index < -0.39 is 10.2 Å². The number of nitrogens with zero attached hydrogens (tertiary/aromatic N) is 3. The summed E-state index contributed by atoms with van der Waals surface area (Å²) >= 11 is 0. The average Bonchev–Trinajstić information content (AvgIpc) is 3.30. The van der Waals surface area contributed by atoms with Gasteiger partial charge in [-0.3, -0.25) is 4.72 Å². The third-order valence-electron chi connectivity index (χ3n) is 7.11. The lowest BCUT2D eigenvalue weighted by Gasteiger charge is -2.30. The Morgan fingerprint density at radius 2 is 1.86 bits per heavy atom. The molecule has 1 aliphatic carbocycles. The molecule has 2 heterocycles. The molecule has 3 aromatic rings. The molecule has 196 valence electrons. The molecular weight excluding hydrogens is 502 g/mol. The van der Waals surface area contributed by atoms with Gasteiger partial charge in [-0.25, -0.2) is 0 Å². The number of hydrogen-bond acceptors (Lipinski definition) is 7. The minimum absolute atomic E-state index is 0. The van der Waals surface area contributed by atoms with Crippen molar-refractivity contribution in [3.05, 3.63) is 36.4 Å². The van der Waals surface area contributed by atoms with Crippen molar-refractivity contribution in [3.63, 3.8) is 0 Å². The highest BCUT2D eigenvalue weighted by Gasteiger charge is 2.29. The highest BCUT2D eigenvalue weighted by molar-refractivity contribution is 7.90. The van der Waals surface area contributed by atoms with Crippen LogP contribution in [-0.2, 0) is 10.2 Å². The van der Waals surface area contributed by atoms with E-state index in [1.807, 2.05) is 24.3 Å². The van der Waals surface area contributed by atoms with E-state index >= 15 is 0 Å². The van der Waals surface area contributed by atoms with Gasteiger partial charge in [0.2, 0.25) is 0 Å². The van der Waals surface area contributed by atoms with Crippen molar-refractivity contribution < 1.29 is 17.7 Å². The fraction of sp³-hybridized carbons (Fsp3) is 0.480. The fourth-order valence-electron chi connectivity index (χ4n) is 5.07. The Hall–Kier alpha value is -2.53. The zero-order chi connectivity index (χ0) is 24.4. The lowest BCUT2D eigenvalue weighted by Crippen LogP contribution is -2.43. The van der Waals surface area contributed by atoms with Gasteiger partial charge in [0.05, 0.1) is 7.11 Å². The minimum atomic E-state index is -3.79. The van der Waals surface area contributed by atoms with Crippen molar-refractivity contribution in [1.82, 2.24) is 14.8 Å². The first-order chi connectivity index (χ1) is 17.0. The number of halogens is 1. The quantitative estimate of drug-likeness (QED) is 0.466. The number of rotatable bonds is 7. The van der Waals surface area contributed by atoms with Gasteiger partial charge >= 0.3 is 10.2 Å². The molecule has 1 saturated heterocycles. The molecule has 2 aliphatic rings. The Bertz CT molecular complexity index is 1290. The number of methoxy groups -OCH3 is 1. The van der Waals surface area contributed by atoms with Gasteiger partial charge in [-0.2, -0.15) is 12.7 Å². The zero-order valence-corrected chi connectivity index (χ0v) is 22.3. The maximum absolute atomic E-state index is 13.1. The SMILES string of the molecule is COc1cc(-c2cccc(N3CCNCC3)c2)cc2onc(NS(=O)(=O)N(C)C3CCCCC3)c12.Cl. The summed E-state index contributed by atoms with van der Waals surface area (Å²) in [5, 5.41) is 7.95. The molecule has 0 spiro atoms. The Labute approximate surface area is 218 Å². The molecular formula is C25H34ClN5O4S. The van der Waals surface area contributed by atoms with Gasteiger partial charge in [0.25, 0.3) is 0 Å². The van der Waals surface area contributed by atoms with Crippen LogP contribution in [0.2, 0.25) is 0 Å². The molecule has 0 radical (unpaired) electrons. The Morgan fingerprint density at radius 1 is 1.11 bits per heavy atom. The molecule has 11 heteroatoms. The van der Waals surface area contributed by atoms with Crippen LogP contribution in [0.25, 0.3) is 22.1 Å². The maximum atomic E-state index is 13.1. The van der Waals surface area contributed by atoms with Gasteiger partial charge in [-0.15, -0.1) is 12.4 Å². The summed E-state index contributed by atoms with van der Waals surface area (Å²) in [6.07, 6.45) is 4.99. The van der Waals surface area contributed by atoms with Gasteiger partial charge in [0, 0.05) is 45.0 Å². The van der Waals surface area contributed by atoms with Crippen molar-refractivity contribution in [1.29, 1.82) is 0 Å². The topological polar surface area (TPSA) is 99.9 Å². The minimum Gasteiger partial charge on any atom is -0.496 e. The van der Waals surface area contributed by atoms with E-state index in [9.17, 15) is 8.42 Å². The molecule has 2 fully saturated rings. The highest BCUT2D eigenvalue weighted by Crippen LogP contribution is 2.38. The van der Waals surface area contributed by atoms with Crippen LogP contribution < -0.4 is 19.7 Å². The summed E-state index contributed by atoms with van der Waals surface area (Å²) in [7, 11) is -0.594. The smallest absolute Gasteiger partial charge is 0.302 e. The summed E-state index contributed by atoms with van der Waals surface area (Å²) in [6, 6.07) is 12.1. The molecule has 0 amide bonds. The average molecular weight is 536 g/mol. The normalized spacial score (nSPS) is 17.2. The van der Waals surface area contributed by atoms with Crippen LogP contribution in [0, 0.1) is 0 Å². The van der Waals surface area contributed by atoms with Crippen LogP contribution in [0.5, 0.6) is 5.75 Å². The number of ether oxygens (including phenoxy) is 1. The van der Waals surface area contributed by atoms with Gasteiger partial charge < -0.3 is 19.5 Å². The van der Waals surface area contributed by atoms with E-state index in [1.165, 1.54) is 9.99 Å². The van der Waals surface area contributed by atoms with Gasteiger partial charge in [-0.05, 0) is 48.2 Å². The van der Waals surface area contributed by atoms with Crippen LogP contribution in [-0.4, -0.2) is 64.3 Å². The largest absolute Gasteiger partial charge is 0.496 e. The lowest BCUT2D eigenvalue weighted by atomic mass is 9.96. The molecule has 0 atom stereocenters. The summed E-state index contributed by atoms with van der Waals surface area (Å²) in [6.45, 7) is 3.87. The van der Waals surface area contributed by atoms with E-state index in [0.29, 0.717) is 16.7 Å². The van der Waals surface area contributed by atoms with Crippen molar-refractivity contribution >= 4 is 45.1 Å². The third kappa shape index (κ3) is 5.41. The maximum Gasteiger partial charge on any atom is 0.302 e. The number of piperazine rings is 1. The first-order valence-electron chi connectivity index (χ1n) is 12.3. The van der Waals surface area contributed by atoms with Gasteiger partial charge in [-0.1, -0.05) is 36.6 Å². The van der Waals surface area contributed by atoms with Gasteiger partial charge in [0.1, 0.15) is 11.1 Å². The van der Waals surface area contributed by atoms with Crippen molar-refractivity contribution in [3.8, 4) is 16.9 Å². The van der Waals surface area contributed by atoms with Crippen LogP contribution in [0.4, 0.5) is 11.5 Å². The summed E-state index contributed by atoms with van der Waals surface area (Å²) in [5.74, 6) is 0.643. The molecule has 1 saturated carbocycles. The van der Waals surface area contributed by atoms with Crippen LogP contribution in [0.3, 0.4) is 0 Å². The molecule has 2 N–H and O–H groups in total. The Kier molecular flexibility index (Phi) is 8.29. The Morgan fingerprint density at radius 3 is 2.58 bits per heavy atom. The number of fused-ring (bicyclic) bond motifs is 1. The first-order valence-corrected chi connectivity index (χ1v) is 13.7. The second-order valence-electron chi connectivity index (χ2n) is 9.29. The first kappa shape index (κ1) is 26.5. The lowest BCUT2D eigenvalue weighted by molar-refractivity contribution is 0.287. The zero-order valence-electron chi connectivity index (χ0n) is 20.7. The predicted octanol–water partition coefficient (Wildman–Crippen LogP) is 4.26. The molecule has 5 rings (SSSR count). The monoisotopic (exact) mass is 535 g/mol. The summed E-state index contributed by atoms with van der Waals surface area (Å²) < 4.78 is 41.5. The summed E-state index contributed by atoms with van der Waals surface area (Å²) in [4.78, 5) is 2.36. The molecule has 2 aromatic carbocycles. The standard InChI is InChI=1S/C25H33N5O4S.ClH/c1-29(20-8-4-3-5-9-20)35(31,32)28-25-24-22(33-2)16-19(17-23(24)34-27-25)18-7-6-10-21(15-18)30-13-11-26-12-14-30;/h6-7,10,15-17,20,26H,3-5,8-9,11-14H2,1-2H3,(H,27,28);1H. The highest BCUT2D eigenvalue weighted by atomic mass is 35.5. The van der Waals surface area contributed by atoms with E-state index in [0.717, 1.165) is 69.4 Å². The van der Waals surface area contributed by atoms with E-state index in [-0.39, 0.29) is 24.3 Å². The number of hydrogen-bond donors (Lipinski definition) is 2. The summed E-state index contributed by atoms with van der Waals surface area (Å²) in [5.41, 5.74) is 3.57. The molecule has 36 heavy (non-hydrogen) atoms. The molecule has 0 bridgehead atoms. The molecule has 9 nitrogen and oxygen atoms in total. The van der Waals surface area contributed by atoms with Crippen LogP contribution >= 0.6 is 12.4 Å². The number of benzene rings is 2. The number of nitrogens with one attached hydrogen (secondary N) is 2. The van der Waals surface area contributed by atoms with Crippen molar-refractivity contribution in [2.24, 2.45) is 0 Å². The number of anilines is 2. The molecule has 1 aliphatic heterocycles. The number of aromatic nitrogens is 1. The van der Waals surface area contributed by atoms with Crippen molar-refractivity contribution in [2.75, 3.05) is 50.0 Å². The third-order valence-corrected chi connectivity index (χ3v) is 8.62.